The van der Waals surface area contributed by atoms with Gasteiger partial charge in [0.05, 0.1) is 0 Å². The summed E-state index contributed by atoms with van der Waals surface area (Å²) in [6, 6.07) is 2.04. The van der Waals surface area contributed by atoms with E-state index in [0.717, 1.165) is 31.4 Å². The molecule has 1 saturated carbocycles. The molecule has 0 aliphatic heterocycles. The maximum absolute atomic E-state index is 13.2. The van der Waals surface area contributed by atoms with E-state index in [1.807, 2.05) is 0 Å². The van der Waals surface area contributed by atoms with Crippen LogP contribution in [0.5, 0.6) is 0 Å². The average molecular weight is 327 g/mol. The molecule has 2 heterocycles. The average Bonchev–Trinajstić information content (AvgIpc) is 3.12. The standard InChI is InChI=1S/C15H16F3N3O2/c16-15(17,18)12-7-10(6-5-9-3-1-2-4-9)19-13-8-11(14(22)23)20-21(12)13/h7-9H,1-6H2,(H,22,23). The van der Waals surface area contributed by atoms with E-state index >= 15 is 0 Å². The fourth-order valence-corrected chi connectivity index (χ4v) is 3.11. The van der Waals surface area contributed by atoms with Gasteiger partial charge in [0.1, 0.15) is 5.69 Å². The maximum atomic E-state index is 13.2. The molecule has 1 N–H and O–H groups in total. The normalized spacial score (nSPS) is 16.3. The number of carboxylic acids is 1. The highest BCUT2D eigenvalue weighted by molar-refractivity contribution is 5.86. The summed E-state index contributed by atoms with van der Waals surface area (Å²) in [6.45, 7) is 0. The quantitative estimate of drug-likeness (QED) is 0.932. The van der Waals surface area contributed by atoms with Crippen molar-refractivity contribution in [1.82, 2.24) is 14.6 Å². The summed E-state index contributed by atoms with van der Waals surface area (Å²) in [6.07, 6.45) is 1.23. The lowest BCUT2D eigenvalue weighted by atomic mass is 10.0. The highest BCUT2D eigenvalue weighted by atomic mass is 19.4. The molecule has 23 heavy (non-hydrogen) atoms. The third-order valence-corrected chi connectivity index (χ3v) is 4.27. The molecule has 1 aliphatic carbocycles. The minimum atomic E-state index is -4.62. The Hall–Kier alpha value is -2.12. The molecule has 0 atom stereocenters. The van der Waals surface area contributed by atoms with E-state index in [0.29, 0.717) is 22.5 Å². The number of hydrogen-bond acceptors (Lipinski definition) is 3. The number of halogens is 3. The summed E-state index contributed by atoms with van der Waals surface area (Å²) in [4.78, 5) is 15.1. The van der Waals surface area contributed by atoms with E-state index in [9.17, 15) is 18.0 Å². The Morgan fingerprint density at radius 1 is 1.30 bits per heavy atom. The molecule has 2 aromatic heterocycles. The molecular formula is C15H16F3N3O2. The Balaban J connectivity index is 1.96. The van der Waals surface area contributed by atoms with Gasteiger partial charge >= 0.3 is 12.1 Å². The van der Waals surface area contributed by atoms with Crippen LogP contribution in [-0.4, -0.2) is 25.7 Å². The molecule has 3 rings (SSSR count). The zero-order valence-electron chi connectivity index (χ0n) is 12.3. The van der Waals surface area contributed by atoms with Gasteiger partial charge in [-0.25, -0.2) is 14.3 Å². The van der Waals surface area contributed by atoms with Crippen LogP contribution >= 0.6 is 0 Å². The molecule has 5 nitrogen and oxygen atoms in total. The van der Waals surface area contributed by atoms with Gasteiger partial charge in [0.15, 0.2) is 11.3 Å². The fourth-order valence-electron chi connectivity index (χ4n) is 3.11. The smallest absolute Gasteiger partial charge is 0.433 e. The molecule has 1 aliphatic rings. The van der Waals surface area contributed by atoms with E-state index in [1.165, 1.54) is 12.8 Å². The van der Waals surface area contributed by atoms with Crippen molar-refractivity contribution in [3.05, 3.63) is 29.2 Å². The molecule has 0 spiro atoms. The molecular weight excluding hydrogens is 311 g/mol. The van der Waals surface area contributed by atoms with Gasteiger partial charge in [-0.1, -0.05) is 25.7 Å². The Labute approximate surface area is 130 Å². The van der Waals surface area contributed by atoms with Crippen LogP contribution < -0.4 is 0 Å². The van der Waals surface area contributed by atoms with Crippen molar-refractivity contribution >= 4 is 11.6 Å². The van der Waals surface area contributed by atoms with Crippen molar-refractivity contribution in [2.24, 2.45) is 5.92 Å². The van der Waals surface area contributed by atoms with Crippen LogP contribution in [0.3, 0.4) is 0 Å². The van der Waals surface area contributed by atoms with E-state index < -0.39 is 23.5 Å². The topological polar surface area (TPSA) is 67.5 Å². The zero-order chi connectivity index (χ0) is 16.6. The number of aromatic carboxylic acids is 1. The van der Waals surface area contributed by atoms with Crippen molar-refractivity contribution in [3.63, 3.8) is 0 Å². The number of nitrogens with zero attached hydrogens (tertiary/aromatic N) is 3. The molecule has 1 fully saturated rings. The minimum Gasteiger partial charge on any atom is -0.476 e. The van der Waals surface area contributed by atoms with Gasteiger partial charge in [-0.05, 0) is 24.8 Å². The lowest BCUT2D eigenvalue weighted by molar-refractivity contribution is -0.142. The molecule has 0 amide bonds. The number of fused-ring (bicyclic) bond motifs is 1. The van der Waals surface area contributed by atoms with Gasteiger partial charge < -0.3 is 5.11 Å². The highest BCUT2D eigenvalue weighted by Crippen LogP contribution is 2.32. The van der Waals surface area contributed by atoms with Crippen LogP contribution in [0, 0.1) is 5.92 Å². The van der Waals surface area contributed by atoms with Crippen LogP contribution in [0.15, 0.2) is 12.1 Å². The number of hydrogen-bond donors (Lipinski definition) is 1. The van der Waals surface area contributed by atoms with Gasteiger partial charge in [-0.15, -0.1) is 0 Å². The number of carboxylic acid groups (broad SMARTS) is 1. The summed E-state index contributed by atoms with van der Waals surface area (Å²) in [7, 11) is 0. The van der Waals surface area contributed by atoms with Crippen molar-refractivity contribution < 1.29 is 23.1 Å². The van der Waals surface area contributed by atoms with Gasteiger partial charge in [-0.2, -0.15) is 18.3 Å². The molecule has 0 unspecified atom stereocenters. The third-order valence-electron chi connectivity index (χ3n) is 4.27. The number of alkyl halides is 3. The Morgan fingerprint density at radius 3 is 2.61 bits per heavy atom. The number of aryl methyl sites for hydroxylation is 1. The SMILES string of the molecule is O=C(O)c1cc2nc(CCC3CCCC3)cc(C(F)(F)F)n2n1. The lowest BCUT2D eigenvalue weighted by Crippen LogP contribution is -2.15. The summed E-state index contributed by atoms with van der Waals surface area (Å²) in [5.41, 5.74) is -1.19. The van der Waals surface area contributed by atoms with Crippen LogP contribution in [0.25, 0.3) is 5.65 Å². The molecule has 124 valence electrons. The molecule has 0 bridgehead atoms. The molecule has 8 heteroatoms. The van der Waals surface area contributed by atoms with E-state index in [2.05, 4.69) is 10.1 Å². The number of aromatic nitrogens is 3. The van der Waals surface area contributed by atoms with E-state index in [-0.39, 0.29) is 5.65 Å². The second-order valence-electron chi connectivity index (χ2n) is 5.92. The molecule has 0 aromatic carbocycles. The Morgan fingerprint density at radius 2 is 2.00 bits per heavy atom. The molecule has 0 radical (unpaired) electrons. The largest absolute Gasteiger partial charge is 0.476 e. The van der Waals surface area contributed by atoms with Gasteiger partial charge in [0, 0.05) is 11.8 Å². The highest BCUT2D eigenvalue weighted by Gasteiger charge is 2.35. The molecule has 0 saturated heterocycles. The van der Waals surface area contributed by atoms with Crippen molar-refractivity contribution in [3.8, 4) is 0 Å². The number of carbonyl (C=O) groups is 1. The Bertz CT molecular complexity index is 733. The first kappa shape index (κ1) is 15.8. The van der Waals surface area contributed by atoms with Crippen LogP contribution in [0.2, 0.25) is 0 Å². The van der Waals surface area contributed by atoms with Crippen molar-refractivity contribution in [1.29, 1.82) is 0 Å². The second-order valence-corrected chi connectivity index (χ2v) is 5.92. The predicted octanol–water partition coefficient (Wildman–Crippen LogP) is 3.57. The summed E-state index contributed by atoms with van der Waals surface area (Å²) < 4.78 is 40.2. The first-order valence-corrected chi connectivity index (χ1v) is 7.55. The van der Waals surface area contributed by atoms with E-state index in [1.54, 1.807) is 0 Å². The van der Waals surface area contributed by atoms with Crippen LogP contribution in [0.1, 0.15) is 54.0 Å². The fraction of sp³-hybridized carbons (Fsp3) is 0.533. The summed E-state index contributed by atoms with van der Waals surface area (Å²) in [5, 5.41) is 12.4. The first-order chi connectivity index (χ1) is 10.8. The number of rotatable bonds is 4. The van der Waals surface area contributed by atoms with Crippen LogP contribution in [-0.2, 0) is 12.6 Å². The summed E-state index contributed by atoms with van der Waals surface area (Å²) in [5.74, 6) is -0.835. The van der Waals surface area contributed by atoms with Crippen LogP contribution in [0.4, 0.5) is 13.2 Å². The van der Waals surface area contributed by atoms with Gasteiger partial charge in [0.25, 0.3) is 0 Å². The maximum Gasteiger partial charge on any atom is 0.433 e. The lowest BCUT2D eigenvalue weighted by Gasteiger charge is -2.12. The molecule has 2 aromatic rings. The van der Waals surface area contributed by atoms with Crippen molar-refractivity contribution in [2.75, 3.05) is 0 Å². The van der Waals surface area contributed by atoms with Gasteiger partial charge in [0.2, 0.25) is 0 Å². The summed E-state index contributed by atoms with van der Waals surface area (Å²) >= 11 is 0. The Kier molecular flexibility index (Phi) is 3.99. The monoisotopic (exact) mass is 327 g/mol. The third kappa shape index (κ3) is 3.30. The minimum absolute atomic E-state index is 0.0846. The van der Waals surface area contributed by atoms with Gasteiger partial charge in [-0.3, -0.25) is 0 Å². The first-order valence-electron chi connectivity index (χ1n) is 7.55. The van der Waals surface area contributed by atoms with Crippen molar-refractivity contribution in [2.45, 2.75) is 44.7 Å². The second kappa shape index (κ2) is 5.82. The predicted molar refractivity (Wildman–Crippen MR) is 75.2 cm³/mol. The van der Waals surface area contributed by atoms with E-state index in [4.69, 9.17) is 5.11 Å². The zero-order valence-corrected chi connectivity index (χ0v) is 12.3.